The number of aromatic nitrogens is 1. The zero-order valence-electron chi connectivity index (χ0n) is 10.7. The molecule has 0 saturated carbocycles. The number of rotatable bonds is 2. The average molecular weight is 359 g/mol. The Balaban J connectivity index is 2.06. The van der Waals surface area contributed by atoms with E-state index in [0.717, 1.165) is 15.8 Å². The van der Waals surface area contributed by atoms with Crippen LogP contribution in [-0.2, 0) is 0 Å². The third kappa shape index (κ3) is 2.87. The SMILES string of the molecule is N#C/C(=C\c1ccc(F)c(Br)c1)c1nc2ccccc2s1. The van der Waals surface area contributed by atoms with Crippen molar-refractivity contribution in [3.63, 3.8) is 0 Å². The summed E-state index contributed by atoms with van der Waals surface area (Å²) in [6.45, 7) is 0. The average Bonchev–Trinajstić information content (AvgIpc) is 2.92. The Labute approximate surface area is 133 Å². The van der Waals surface area contributed by atoms with Gasteiger partial charge < -0.3 is 0 Å². The molecule has 0 aliphatic heterocycles. The third-order valence-corrected chi connectivity index (χ3v) is 4.58. The zero-order valence-corrected chi connectivity index (χ0v) is 13.1. The van der Waals surface area contributed by atoms with Crippen LogP contribution >= 0.6 is 27.3 Å². The highest BCUT2D eigenvalue weighted by Gasteiger charge is 2.09. The lowest BCUT2D eigenvalue weighted by Crippen LogP contribution is -1.82. The summed E-state index contributed by atoms with van der Waals surface area (Å²) in [6, 6.07) is 14.5. The number of nitrogens with zero attached hydrogens (tertiary/aromatic N) is 2. The van der Waals surface area contributed by atoms with E-state index in [1.54, 1.807) is 18.2 Å². The molecule has 0 aliphatic carbocycles. The number of benzene rings is 2. The predicted molar refractivity (Wildman–Crippen MR) is 87.2 cm³/mol. The zero-order chi connectivity index (χ0) is 14.8. The summed E-state index contributed by atoms with van der Waals surface area (Å²) < 4.78 is 14.6. The Bertz CT molecular complexity index is 860. The largest absolute Gasteiger partial charge is 0.235 e. The van der Waals surface area contributed by atoms with Crippen LogP contribution in [0.3, 0.4) is 0 Å². The highest BCUT2D eigenvalue weighted by Crippen LogP contribution is 2.28. The van der Waals surface area contributed by atoms with Crippen molar-refractivity contribution in [3.05, 3.63) is 63.3 Å². The first-order valence-electron chi connectivity index (χ1n) is 6.10. The fraction of sp³-hybridized carbons (Fsp3) is 0. The number of allylic oxidation sites excluding steroid dienone is 1. The molecule has 0 atom stereocenters. The molecule has 0 N–H and O–H groups in total. The molecule has 0 bridgehead atoms. The van der Waals surface area contributed by atoms with Crippen molar-refractivity contribution in [2.24, 2.45) is 0 Å². The van der Waals surface area contributed by atoms with Gasteiger partial charge in [-0.3, -0.25) is 0 Å². The third-order valence-electron chi connectivity index (χ3n) is 2.90. The summed E-state index contributed by atoms with van der Waals surface area (Å²) >= 11 is 4.61. The maximum Gasteiger partial charge on any atom is 0.137 e. The Morgan fingerprint density at radius 3 is 2.81 bits per heavy atom. The van der Waals surface area contributed by atoms with Crippen LogP contribution < -0.4 is 0 Å². The summed E-state index contributed by atoms with van der Waals surface area (Å²) in [5, 5.41) is 10.0. The maximum atomic E-state index is 13.2. The minimum Gasteiger partial charge on any atom is -0.235 e. The summed E-state index contributed by atoms with van der Waals surface area (Å²) in [4.78, 5) is 4.46. The molecule has 0 aliphatic rings. The van der Waals surface area contributed by atoms with Crippen LogP contribution in [0.2, 0.25) is 0 Å². The topological polar surface area (TPSA) is 36.7 Å². The molecule has 2 nitrogen and oxygen atoms in total. The van der Waals surface area contributed by atoms with Gasteiger partial charge in [0.05, 0.1) is 20.3 Å². The van der Waals surface area contributed by atoms with Gasteiger partial charge in [-0.2, -0.15) is 5.26 Å². The lowest BCUT2D eigenvalue weighted by Gasteiger charge is -1.98. The first kappa shape index (κ1) is 13.9. The van der Waals surface area contributed by atoms with E-state index in [1.165, 1.54) is 17.4 Å². The molecule has 1 heterocycles. The fourth-order valence-electron chi connectivity index (χ4n) is 1.90. The Kier molecular flexibility index (Phi) is 3.82. The first-order valence-corrected chi connectivity index (χ1v) is 7.71. The molecule has 0 unspecified atom stereocenters. The first-order chi connectivity index (χ1) is 10.2. The van der Waals surface area contributed by atoms with Crippen LogP contribution in [0.15, 0.2) is 46.9 Å². The van der Waals surface area contributed by atoms with Crippen molar-refractivity contribution >= 4 is 49.1 Å². The van der Waals surface area contributed by atoms with Gasteiger partial charge in [0, 0.05) is 0 Å². The molecule has 3 aromatic rings. The van der Waals surface area contributed by atoms with Crippen molar-refractivity contribution in [1.82, 2.24) is 4.98 Å². The van der Waals surface area contributed by atoms with Crippen molar-refractivity contribution in [2.45, 2.75) is 0 Å². The summed E-state index contributed by atoms with van der Waals surface area (Å²) in [5.74, 6) is -0.328. The van der Waals surface area contributed by atoms with Crippen LogP contribution in [0, 0.1) is 17.1 Å². The summed E-state index contributed by atoms with van der Waals surface area (Å²) in [6.07, 6.45) is 1.71. The van der Waals surface area contributed by atoms with E-state index in [2.05, 4.69) is 27.0 Å². The molecule has 0 radical (unpaired) electrons. The van der Waals surface area contributed by atoms with Crippen molar-refractivity contribution < 1.29 is 4.39 Å². The normalized spacial score (nSPS) is 11.6. The number of fused-ring (bicyclic) bond motifs is 1. The molecule has 1 aromatic heterocycles. The highest BCUT2D eigenvalue weighted by atomic mass is 79.9. The molecule has 21 heavy (non-hydrogen) atoms. The molecule has 0 fully saturated rings. The van der Waals surface area contributed by atoms with Gasteiger partial charge in [-0.15, -0.1) is 11.3 Å². The van der Waals surface area contributed by atoms with Crippen LogP contribution in [0.5, 0.6) is 0 Å². The second-order valence-electron chi connectivity index (χ2n) is 4.33. The van der Waals surface area contributed by atoms with Gasteiger partial charge in [0.1, 0.15) is 16.9 Å². The summed E-state index contributed by atoms with van der Waals surface area (Å²) in [5.41, 5.74) is 2.09. The van der Waals surface area contributed by atoms with Gasteiger partial charge in [0.2, 0.25) is 0 Å². The van der Waals surface area contributed by atoms with Crippen molar-refractivity contribution in [3.8, 4) is 6.07 Å². The number of hydrogen-bond acceptors (Lipinski definition) is 3. The van der Waals surface area contributed by atoms with E-state index < -0.39 is 0 Å². The number of hydrogen-bond donors (Lipinski definition) is 0. The predicted octanol–water partition coefficient (Wildman–Crippen LogP) is 5.26. The maximum absolute atomic E-state index is 13.2. The molecule has 0 amide bonds. The van der Waals surface area contributed by atoms with E-state index in [-0.39, 0.29) is 5.82 Å². The Morgan fingerprint density at radius 2 is 2.10 bits per heavy atom. The highest BCUT2D eigenvalue weighted by molar-refractivity contribution is 9.10. The Hall–Kier alpha value is -2.03. The van der Waals surface area contributed by atoms with Crippen LogP contribution in [0.25, 0.3) is 21.9 Å². The smallest absolute Gasteiger partial charge is 0.137 e. The van der Waals surface area contributed by atoms with Crippen molar-refractivity contribution in [2.75, 3.05) is 0 Å². The quantitative estimate of drug-likeness (QED) is 0.585. The summed E-state index contributed by atoms with van der Waals surface area (Å²) in [7, 11) is 0. The lowest BCUT2D eigenvalue weighted by molar-refractivity contribution is 0.621. The second kappa shape index (κ2) is 5.76. The van der Waals surface area contributed by atoms with E-state index in [1.807, 2.05) is 24.3 Å². The molecular formula is C16H8BrFN2S. The number of para-hydroxylation sites is 1. The lowest BCUT2D eigenvalue weighted by atomic mass is 10.1. The van der Waals surface area contributed by atoms with Gasteiger partial charge in [0.25, 0.3) is 0 Å². The molecule has 2 aromatic carbocycles. The van der Waals surface area contributed by atoms with E-state index in [4.69, 9.17) is 0 Å². The monoisotopic (exact) mass is 358 g/mol. The van der Waals surface area contributed by atoms with Gasteiger partial charge in [-0.05, 0) is 51.8 Å². The van der Waals surface area contributed by atoms with Crippen LogP contribution in [0.4, 0.5) is 4.39 Å². The van der Waals surface area contributed by atoms with Gasteiger partial charge in [-0.1, -0.05) is 18.2 Å². The molecule has 3 rings (SSSR count). The molecule has 102 valence electrons. The minimum atomic E-state index is -0.328. The number of thiazole rings is 1. The number of halogens is 2. The van der Waals surface area contributed by atoms with E-state index in [0.29, 0.717) is 15.1 Å². The van der Waals surface area contributed by atoms with E-state index in [9.17, 15) is 9.65 Å². The molecular weight excluding hydrogens is 351 g/mol. The second-order valence-corrected chi connectivity index (χ2v) is 6.22. The molecule has 5 heteroatoms. The molecule has 0 spiro atoms. The standard InChI is InChI=1S/C16H8BrFN2S/c17-12-8-10(5-6-13(12)18)7-11(9-19)16-20-14-3-1-2-4-15(14)21-16/h1-8H/b11-7+. The van der Waals surface area contributed by atoms with Gasteiger partial charge >= 0.3 is 0 Å². The minimum absolute atomic E-state index is 0.328. The number of nitriles is 1. The van der Waals surface area contributed by atoms with Crippen LogP contribution in [-0.4, -0.2) is 4.98 Å². The fourth-order valence-corrected chi connectivity index (χ4v) is 3.23. The van der Waals surface area contributed by atoms with Crippen molar-refractivity contribution in [1.29, 1.82) is 5.26 Å². The van der Waals surface area contributed by atoms with E-state index >= 15 is 0 Å². The van der Waals surface area contributed by atoms with Gasteiger partial charge in [-0.25, -0.2) is 9.37 Å². The van der Waals surface area contributed by atoms with Crippen LogP contribution in [0.1, 0.15) is 10.6 Å². The van der Waals surface area contributed by atoms with Gasteiger partial charge in [0.15, 0.2) is 0 Å². The molecule has 0 saturated heterocycles. The Morgan fingerprint density at radius 1 is 1.29 bits per heavy atom.